The third-order valence-electron chi connectivity index (χ3n) is 5.43. The summed E-state index contributed by atoms with van der Waals surface area (Å²) in [6.07, 6.45) is 3.36. The summed E-state index contributed by atoms with van der Waals surface area (Å²) in [5, 5.41) is 2.88. The van der Waals surface area contributed by atoms with Crippen LogP contribution in [0.15, 0.2) is 65.7 Å². The largest absolute Gasteiger partial charge is 0.486 e. The molecule has 32 heavy (non-hydrogen) atoms. The van der Waals surface area contributed by atoms with Gasteiger partial charge in [0.15, 0.2) is 11.5 Å². The molecule has 8 heteroatoms. The SMILES string of the molecule is C[C@@H](NC(=O)c1cc2c(=O)[nH]c(-c3ccc4c(c3)OCCO4)cn2c1)c1ccc(F)cc1. The number of halogens is 1. The van der Waals surface area contributed by atoms with E-state index in [4.69, 9.17) is 9.47 Å². The molecule has 2 aromatic heterocycles. The minimum atomic E-state index is -0.334. The minimum absolute atomic E-state index is 0.317. The second-order valence-electron chi connectivity index (χ2n) is 7.62. The smallest absolute Gasteiger partial charge is 0.272 e. The van der Waals surface area contributed by atoms with E-state index in [1.807, 2.05) is 19.1 Å². The van der Waals surface area contributed by atoms with Gasteiger partial charge < -0.3 is 24.2 Å². The molecule has 1 aliphatic heterocycles. The number of carbonyl (C=O) groups excluding carboxylic acids is 1. The van der Waals surface area contributed by atoms with Crippen molar-refractivity contribution in [1.82, 2.24) is 14.7 Å². The van der Waals surface area contributed by atoms with Crippen molar-refractivity contribution in [3.05, 3.63) is 88.2 Å². The van der Waals surface area contributed by atoms with E-state index in [1.54, 1.807) is 41.1 Å². The van der Waals surface area contributed by atoms with Crippen molar-refractivity contribution in [2.24, 2.45) is 0 Å². The van der Waals surface area contributed by atoms with Crippen LogP contribution in [0, 0.1) is 5.82 Å². The van der Waals surface area contributed by atoms with Gasteiger partial charge in [0.25, 0.3) is 11.5 Å². The zero-order valence-electron chi connectivity index (χ0n) is 17.2. The van der Waals surface area contributed by atoms with Crippen LogP contribution in [0.3, 0.4) is 0 Å². The second kappa shape index (κ2) is 7.88. The number of hydrogen-bond acceptors (Lipinski definition) is 4. The second-order valence-corrected chi connectivity index (χ2v) is 7.62. The van der Waals surface area contributed by atoms with Crippen molar-refractivity contribution in [2.45, 2.75) is 13.0 Å². The van der Waals surface area contributed by atoms with Crippen molar-refractivity contribution in [3.63, 3.8) is 0 Å². The predicted octanol–water partition coefficient (Wildman–Crippen LogP) is 3.70. The number of rotatable bonds is 4. The molecular formula is C24H20FN3O4. The number of carbonyl (C=O) groups is 1. The van der Waals surface area contributed by atoms with Crippen molar-refractivity contribution >= 4 is 11.4 Å². The lowest BCUT2D eigenvalue weighted by Crippen LogP contribution is -2.26. The lowest BCUT2D eigenvalue weighted by molar-refractivity contribution is 0.0940. The Labute approximate surface area is 182 Å². The molecule has 0 aliphatic carbocycles. The number of H-pyrrole nitrogens is 1. The first-order valence-corrected chi connectivity index (χ1v) is 10.2. The van der Waals surface area contributed by atoms with Crippen LogP contribution in [0.1, 0.15) is 28.9 Å². The van der Waals surface area contributed by atoms with Crippen LogP contribution in [-0.4, -0.2) is 28.5 Å². The number of fused-ring (bicyclic) bond motifs is 2. The Balaban J connectivity index is 1.43. The van der Waals surface area contributed by atoms with Crippen LogP contribution in [-0.2, 0) is 0 Å². The lowest BCUT2D eigenvalue weighted by Gasteiger charge is -2.18. The Hall–Kier alpha value is -4.07. The van der Waals surface area contributed by atoms with Crippen LogP contribution in [0.4, 0.5) is 4.39 Å². The number of amides is 1. The normalized spacial score (nSPS) is 13.7. The number of benzene rings is 2. The summed E-state index contributed by atoms with van der Waals surface area (Å²) in [5.41, 5.74) is 2.51. The van der Waals surface area contributed by atoms with E-state index in [0.29, 0.717) is 41.5 Å². The van der Waals surface area contributed by atoms with Gasteiger partial charge in [0.2, 0.25) is 0 Å². The van der Waals surface area contributed by atoms with Crippen LogP contribution >= 0.6 is 0 Å². The molecule has 162 valence electrons. The van der Waals surface area contributed by atoms with Gasteiger partial charge in [0.1, 0.15) is 24.5 Å². The Morgan fingerprint density at radius 3 is 2.59 bits per heavy atom. The van der Waals surface area contributed by atoms with E-state index in [9.17, 15) is 14.0 Å². The van der Waals surface area contributed by atoms with Gasteiger partial charge in [-0.15, -0.1) is 0 Å². The maximum atomic E-state index is 13.1. The number of nitrogens with one attached hydrogen (secondary N) is 2. The fraction of sp³-hybridized carbons (Fsp3) is 0.167. The van der Waals surface area contributed by atoms with Gasteiger partial charge in [-0.3, -0.25) is 9.59 Å². The van der Waals surface area contributed by atoms with E-state index in [0.717, 1.165) is 11.1 Å². The highest BCUT2D eigenvalue weighted by molar-refractivity contribution is 5.95. The molecule has 0 saturated carbocycles. The average Bonchev–Trinajstić information content (AvgIpc) is 3.24. The zero-order chi connectivity index (χ0) is 22.2. The van der Waals surface area contributed by atoms with Crippen molar-refractivity contribution in [1.29, 1.82) is 0 Å². The van der Waals surface area contributed by atoms with Gasteiger partial charge in [-0.05, 0) is 48.9 Å². The standard InChI is InChI=1S/C24H20FN3O4/c1-14(15-2-5-18(25)6-3-15)26-23(29)17-10-20-24(30)27-19(13-28(20)12-17)16-4-7-21-22(11-16)32-9-8-31-21/h2-7,10-14H,8-9H2,1H3,(H,26,29)(H,27,30)/t14-/m1/s1. The molecule has 2 aromatic carbocycles. The maximum absolute atomic E-state index is 13.1. The summed E-state index contributed by atoms with van der Waals surface area (Å²) in [6.45, 7) is 2.79. The van der Waals surface area contributed by atoms with E-state index in [-0.39, 0.29) is 23.3 Å². The number of ether oxygens (including phenoxy) is 2. The Morgan fingerprint density at radius 1 is 1.06 bits per heavy atom. The number of aromatic nitrogens is 2. The number of hydrogen-bond donors (Lipinski definition) is 2. The molecule has 1 atom stereocenters. The highest BCUT2D eigenvalue weighted by Gasteiger charge is 2.17. The van der Waals surface area contributed by atoms with Crippen molar-refractivity contribution < 1.29 is 18.7 Å². The van der Waals surface area contributed by atoms with Gasteiger partial charge in [0, 0.05) is 18.0 Å². The zero-order valence-corrected chi connectivity index (χ0v) is 17.2. The third kappa shape index (κ3) is 3.71. The number of aromatic amines is 1. The fourth-order valence-electron chi connectivity index (χ4n) is 3.72. The Kier molecular flexibility index (Phi) is 4.89. The summed E-state index contributed by atoms with van der Waals surface area (Å²) in [5.74, 6) is 0.625. The molecule has 0 radical (unpaired) electrons. The van der Waals surface area contributed by atoms with Crippen molar-refractivity contribution in [2.75, 3.05) is 13.2 Å². The molecule has 0 bridgehead atoms. The summed E-state index contributed by atoms with van der Waals surface area (Å²) in [7, 11) is 0. The lowest BCUT2D eigenvalue weighted by atomic mass is 10.1. The fourth-order valence-corrected chi connectivity index (χ4v) is 3.72. The molecule has 7 nitrogen and oxygen atoms in total. The highest BCUT2D eigenvalue weighted by Crippen LogP contribution is 2.33. The first-order chi connectivity index (χ1) is 15.5. The minimum Gasteiger partial charge on any atom is -0.486 e. The van der Waals surface area contributed by atoms with E-state index < -0.39 is 0 Å². The summed E-state index contributed by atoms with van der Waals surface area (Å²) in [4.78, 5) is 28.3. The molecule has 1 amide bonds. The monoisotopic (exact) mass is 433 g/mol. The average molecular weight is 433 g/mol. The highest BCUT2D eigenvalue weighted by atomic mass is 19.1. The van der Waals surface area contributed by atoms with Crippen LogP contribution < -0.4 is 20.3 Å². The molecule has 2 N–H and O–H groups in total. The summed E-state index contributed by atoms with van der Waals surface area (Å²) >= 11 is 0. The molecule has 3 heterocycles. The maximum Gasteiger partial charge on any atom is 0.272 e. The van der Waals surface area contributed by atoms with Crippen LogP contribution in [0.25, 0.3) is 16.8 Å². The summed E-state index contributed by atoms with van der Waals surface area (Å²) in [6, 6.07) is 12.6. The van der Waals surface area contributed by atoms with Gasteiger partial charge >= 0.3 is 0 Å². The molecule has 5 rings (SSSR count). The molecule has 4 aromatic rings. The van der Waals surface area contributed by atoms with Gasteiger partial charge in [-0.2, -0.15) is 0 Å². The quantitative estimate of drug-likeness (QED) is 0.514. The molecule has 0 saturated heterocycles. The molecule has 0 unspecified atom stereocenters. The first-order valence-electron chi connectivity index (χ1n) is 10.2. The summed E-state index contributed by atoms with van der Waals surface area (Å²) < 4.78 is 25.9. The predicted molar refractivity (Wildman–Crippen MR) is 117 cm³/mol. The van der Waals surface area contributed by atoms with Gasteiger partial charge in [0.05, 0.1) is 17.3 Å². The Bertz CT molecular complexity index is 1370. The molecule has 0 fully saturated rings. The van der Waals surface area contributed by atoms with Crippen molar-refractivity contribution in [3.8, 4) is 22.8 Å². The van der Waals surface area contributed by atoms with Gasteiger partial charge in [-0.1, -0.05) is 12.1 Å². The third-order valence-corrected chi connectivity index (χ3v) is 5.43. The number of nitrogens with zero attached hydrogens (tertiary/aromatic N) is 1. The van der Waals surface area contributed by atoms with Crippen LogP contribution in [0.2, 0.25) is 0 Å². The van der Waals surface area contributed by atoms with Crippen LogP contribution in [0.5, 0.6) is 11.5 Å². The molecule has 1 aliphatic rings. The molecular weight excluding hydrogens is 413 g/mol. The first kappa shape index (κ1) is 19.9. The van der Waals surface area contributed by atoms with E-state index in [1.165, 1.54) is 12.1 Å². The molecule has 0 spiro atoms. The topological polar surface area (TPSA) is 84.8 Å². The van der Waals surface area contributed by atoms with E-state index >= 15 is 0 Å². The van der Waals surface area contributed by atoms with E-state index in [2.05, 4.69) is 10.3 Å². The van der Waals surface area contributed by atoms with Gasteiger partial charge in [-0.25, -0.2) is 4.39 Å². The Morgan fingerprint density at radius 2 is 1.81 bits per heavy atom.